The first-order valence-corrected chi connectivity index (χ1v) is 10.1. The maximum atomic E-state index is 12.1. The van der Waals surface area contributed by atoms with Crippen molar-refractivity contribution in [3.05, 3.63) is 28.8 Å². The van der Waals surface area contributed by atoms with Gasteiger partial charge in [0.05, 0.1) is 31.3 Å². The summed E-state index contributed by atoms with van der Waals surface area (Å²) in [6, 6.07) is 4.01. The molecular weight excluding hydrogens is 366 g/mol. The summed E-state index contributed by atoms with van der Waals surface area (Å²) in [4.78, 5) is 37.7. The van der Waals surface area contributed by atoms with E-state index in [2.05, 4.69) is 10.6 Å². The quantitative estimate of drug-likeness (QED) is 0.728. The second-order valence-corrected chi connectivity index (χ2v) is 7.57. The Labute approximate surface area is 164 Å². The van der Waals surface area contributed by atoms with Crippen molar-refractivity contribution in [3.8, 4) is 0 Å². The van der Waals surface area contributed by atoms with Crippen molar-refractivity contribution >= 4 is 35.2 Å². The molecule has 0 spiro atoms. The number of anilines is 1. The lowest BCUT2D eigenvalue weighted by Gasteiger charge is -2.26. The topological polar surface area (TPSA) is 87.7 Å². The van der Waals surface area contributed by atoms with Crippen molar-refractivity contribution in [2.45, 2.75) is 20.8 Å². The summed E-state index contributed by atoms with van der Waals surface area (Å²) in [5.41, 5.74) is 3.90. The van der Waals surface area contributed by atoms with Gasteiger partial charge in [-0.2, -0.15) is 0 Å². The van der Waals surface area contributed by atoms with Crippen molar-refractivity contribution in [2.75, 3.05) is 49.7 Å². The minimum absolute atomic E-state index is 0.0131. The molecule has 0 aromatic heterocycles. The predicted molar refractivity (Wildman–Crippen MR) is 107 cm³/mol. The smallest absolute Gasteiger partial charge is 0.243 e. The molecule has 1 heterocycles. The predicted octanol–water partition coefficient (Wildman–Crippen LogP) is 1.26. The van der Waals surface area contributed by atoms with Crippen LogP contribution in [-0.4, -0.2) is 67.0 Å². The molecule has 1 aliphatic rings. The summed E-state index contributed by atoms with van der Waals surface area (Å²) in [5.74, 6) is -0.123. The van der Waals surface area contributed by atoms with E-state index in [0.29, 0.717) is 26.3 Å². The van der Waals surface area contributed by atoms with Gasteiger partial charge in [-0.15, -0.1) is 11.8 Å². The van der Waals surface area contributed by atoms with Gasteiger partial charge in [0.25, 0.3) is 0 Å². The summed E-state index contributed by atoms with van der Waals surface area (Å²) >= 11 is 1.25. The van der Waals surface area contributed by atoms with E-state index >= 15 is 0 Å². The Morgan fingerprint density at radius 3 is 2.30 bits per heavy atom. The van der Waals surface area contributed by atoms with Crippen LogP contribution in [0.25, 0.3) is 0 Å². The van der Waals surface area contributed by atoms with Gasteiger partial charge >= 0.3 is 0 Å². The van der Waals surface area contributed by atoms with Gasteiger partial charge < -0.3 is 20.3 Å². The zero-order valence-corrected chi connectivity index (χ0v) is 16.9. The third-order valence-electron chi connectivity index (χ3n) is 4.21. The number of carbonyl (C=O) groups is 3. The lowest BCUT2D eigenvalue weighted by Crippen LogP contribution is -2.41. The zero-order chi connectivity index (χ0) is 19.8. The van der Waals surface area contributed by atoms with E-state index in [4.69, 9.17) is 4.74 Å². The van der Waals surface area contributed by atoms with Crippen LogP contribution in [0, 0.1) is 20.8 Å². The van der Waals surface area contributed by atoms with E-state index in [1.54, 1.807) is 4.90 Å². The number of carbonyl (C=O) groups excluding carboxylic acids is 3. The molecule has 148 valence electrons. The number of hydrogen-bond acceptors (Lipinski definition) is 5. The van der Waals surface area contributed by atoms with E-state index in [1.807, 2.05) is 32.9 Å². The van der Waals surface area contributed by atoms with Crippen molar-refractivity contribution in [1.29, 1.82) is 0 Å². The highest BCUT2D eigenvalue weighted by Crippen LogP contribution is 2.21. The third-order valence-corrected chi connectivity index (χ3v) is 5.13. The van der Waals surface area contributed by atoms with Crippen molar-refractivity contribution < 1.29 is 19.1 Å². The van der Waals surface area contributed by atoms with E-state index in [9.17, 15) is 14.4 Å². The number of nitrogens with one attached hydrogen (secondary N) is 2. The van der Waals surface area contributed by atoms with Gasteiger partial charge in [0.2, 0.25) is 17.7 Å². The first kappa shape index (κ1) is 21.2. The van der Waals surface area contributed by atoms with Gasteiger partial charge in [0.15, 0.2) is 0 Å². The molecule has 0 saturated carbocycles. The molecule has 8 heteroatoms. The second kappa shape index (κ2) is 10.3. The summed E-state index contributed by atoms with van der Waals surface area (Å²) < 4.78 is 5.21. The first-order chi connectivity index (χ1) is 12.9. The monoisotopic (exact) mass is 393 g/mol. The van der Waals surface area contributed by atoms with Crippen LogP contribution in [0.5, 0.6) is 0 Å². The number of aryl methyl sites for hydroxylation is 3. The lowest BCUT2D eigenvalue weighted by molar-refractivity contribution is -0.132. The highest BCUT2D eigenvalue weighted by molar-refractivity contribution is 8.00. The molecule has 2 N–H and O–H groups in total. The fourth-order valence-corrected chi connectivity index (χ4v) is 3.67. The molecule has 1 aromatic rings. The van der Waals surface area contributed by atoms with Crippen molar-refractivity contribution in [1.82, 2.24) is 10.2 Å². The van der Waals surface area contributed by atoms with Crippen LogP contribution >= 0.6 is 11.8 Å². The van der Waals surface area contributed by atoms with Crippen LogP contribution in [0.1, 0.15) is 16.7 Å². The fraction of sp³-hybridized carbons (Fsp3) is 0.526. The fourth-order valence-electron chi connectivity index (χ4n) is 2.93. The van der Waals surface area contributed by atoms with Crippen molar-refractivity contribution in [2.24, 2.45) is 0 Å². The zero-order valence-electron chi connectivity index (χ0n) is 16.1. The minimum Gasteiger partial charge on any atom is -0.378 e. The molecular formula is C19H27N3O4S. The van der Waals surface area contributed by atoms with Crippen LogP contribution in [0.15, 0.2) is 12.1 Å². The molecule has 7 nitrogen and oxygen atoms in total. The summed E-state index contributed by atoms with van der Waals surface area (Å²) in [5, 5.41) is 5.43. The van der Waals surface area contributed by atoms with E-state index in [1.165, 1.54) is 11.8 Å². The molecule has 2 rings (SSSR count). The molecule has 27 heavy (non-hydrogen) atoms. The molecule has 0 radical (unpaired) electrons. The molecule has 1 fully saturated rings. The minimum atomic E-state index is -0.271. The number of hydrogen-bond donors (Lipinski definition) is 2. The van der Waals surface area contributed by atoms with E-state index < -0.39 is 0 Å². The number of ether oxygens (including phenoxy) is 1. The number of amides is 3. The maximum absolute atomic E-state index is 12.1. The first-order valence-electron chi connectivity index (χ1n) is 8.94. The van der Waals surface area contributed by atoms with Gasteiger partial charge in [-0.1, -0.05) is 17.7 Å². The number of benzene rings is 1. The molecule has 1 saturated heterocycles. The van der Waals surface area contributed by atoms with Crippen LogP contribution in [0.2, 0.25) is 0 Å². The number of nitrogens with zero attached hydrogens (tertiary/aromatic N) is 1. The molecule has 0 bridgehead atoms. The number of rotatable bonds is 7. The molecule has 0 aliphatic carbocycles. The Morgan fingerprint density at radius 1 is 1.04 bits per heavy atom. The summed E-state index contributed by atoms with van der Waals surface area (Å²) in [7, 11) is 0. The number of morpholine rings is 1. The van der Waals surface area contributed by atoms with Gasteiger partial charge in [0, 0.05) is 18.8 Å². The van der Waals surface area contributed by atoms with Gasteiger partial charge in [0.1, 0.15) is 0 Å². The summed E-state index contributed by atoms with van der Waals surface area (Å²) in [6.45, 7) is 8.12. The molecule has 1 aromatic carbocycles. The Hall–Kier alpha value is -2.06. The highest BCUT2D eigenvalue weighted by atomic mass is 32.2. The van der Waals surface area contributed by atoms with Crippen molar-refractivity contribution in [3.63, 3.8) is 0 Å². The van der Waals surface area contributed by atoms with Crippen LogP contribution < -0.4 is 10.6 Å². The van der Waals surface area contributed by atoms with Gasteiger partial charge in [-0.25, -0.2) is 0 Å². The van der Waals surface area contributed by atoms with E-state index in [-0.39, 0.29) is 35.8 Å². The van der Waals surface area contributed by atoms with Gasteiger partial charge in [-0.05, 0) is 31.9 Å². The van der Waals surface area contributed by atoms with Gasteiger partial charge in [-0.3, -0.25) is 14.4 Å². The maximum Gasteiger partial charge on any atom is 0.243 e. The SMILES string of the molecule is Cc1cc(C)c(NC(=O)CNC(=O)CSCC(=O)N2CCOCC2)c(C)c1. The Kier molecular flexibility index (Phi) is 8.12. The molecule has 3 amide bonds. The molecule has 1 aliphatic heterocycles. The average Bonchev–Trinajstić information content (AvgIpc) is 2.63. The largest absolute Gasteiger partial charge is 0.378 e. The van der Waals surface area contributed by atoms with Crippen LogP contribution in [0.4, 0.5) is 5.69 Å². The second-order valence-electron chi connectivity index (χ2n) is 6.58. The normalized spacial score (nSPS) is 14.0. The van der Waals surface area contributed by atoms with E-state index in [0.717, 1.165) is 22.4 Å². The van der Waals surface area contributed by atoms with Crippen LogP contribution in [0.3, 0.4) is 0 Å². The third kappa shape index (κ3) is 6.88. The number of thioether (sulfide) groups is 1. The highest BCUT2D eigenvalue weighted by Gasteiger charge is 2.17. The Balaban J connectivity index is 1.67. The van der Waals surface area contributed by atoms with Crippen LogP contribution in [-0.2, 0) is 19.1 Å². The molecule has 0 atom stereocenters. The standard InChI is InChI=1S/C19H27N3O4S/c1-13-8-14(2)19(15(3)9-13)21-16(23)10-20-17(24)11-27-12-18(25)22-4-6-26-7-5-22/h8-9H,4-7,10-12H2,1-3H3,(H,20,24)(H,21,23). The average molecular weight is 394 g/mol. The Bertz CT molecular complexity index is 679. The summed E-state index contributed by atoms with van der Waals surface area (Å²) in [6.07, 6.45) is 0. The molecule has 0 unspecified atom stereocenters. The lowest BCUT2D eigenvalue weighted by atomic mass is 10.1. The Morgan fingerprint density at radius 2 is 1.67 bits per heavy atom.